The summed E-state index contributed by atoms with van der Waals surface area (Å²) < 4.78 is 0. The minimum Gasteiger partial charge on any atom is -0.476 e. The summed E-state index contributed by atoms with van der Waals surface area (Å²) in [6, 6.07) is 2.57. The molecule has 2 heterocycles. The normalized spacial score (nSPS) is 10.1. The van der Waals surface area contributed by atoms with E-state index >= 15 is 0 Å². The number of aromatic carboxylic acids is 1. The summed E-state index contributed by atoms with van der Waals surface area (Å²) in [5.74, 6) is -0.332. The zero-order chi connectivity index (χ0) is 15.1. The van der Waals surface area contributed by atoms with Crippen molar-refractivity contribution >= 4 is 17.7 Å². The van der Waals surface area contributed by atoms with Crippen LogP contribution in [0.3, 0.4) is 0 Å². The molecule has 0 atom stereocenters. The Morgan fingerprint density at radius 3 is 2.86 bits per heavy atom. The number of hydrogen-bond acceptors (Lipinski definition) is 4. The lowest BCUT2D eigenvalue weighted by Crippen LogP contribution is -2.30. The lowest BCUT2D eigenvalue weighted by molar-refractivity contribution is 0.0691. The molecule has 0 aromatic carbocycles. The number of anilines is 1. The average molecular weight is 289 g/mol. The van der Waals surface area contributed by atoms with Gasteiger partial charge in [-0.25, -0.2) is 19.6 Å². The first-order valence-corrected chi connectivity index (χ1v) is 6.38. The van der Waals surface area contributed by atoms with Gasteiger partial charge >= 0.3 is 12.0 Å². The molecule has 110 valence electrons. The Morgan fingerprint density at radius 2 is 2.14 bits per heavy atom. The number of aryl methyl sites for hydroxylation is 1. The molecule has 0 unspecified atom stereocenters. The maximum absolute atomic E-state index is 11.7. The number of urea groups is 1. The largest absolute Gasteiger partial charge is 0.476 e. The van der Waals surface area contributed by atoms with Crippen molar-refractivity contribution in [2.45, 2.75) is 12.8 Å². The number of carboxylic acid groups (broad SMARTS) is 1. The van der Waals surface area contributed by atoms with Gasteiger partial charge < -0.3 is 20.7 Å². The second-order valence-electron chi connectivity index (χ2n) is 4.23. The topological polar surface area (TPSA) is 120 Å². The first kappa shape index (κ1) is 14.5. The van der Waals surface area contributed by atoms with Crippen molar-refractivity contribution in [3.05, 3.63) is 42.2 Å². The van der Waals surface area contributed by atoms with E-state index in [1.54, 1.807) is 18.5 Å². The number of carbonyl (C=O) groups is 2. The molecule has 0 fully saturated rings. The fourth-order valence-electron chi connectivity index (χ4n) is 1.74. The molecule has 0 saturated heterocycles. The third-order valence-corrected chi connectivity index (χ3v) is 2.69. The van der Waals surface area contributed by atoms with E-state index < -0.39 is 12.0 Å². The van der Waals surface area contributed by atoms with Gasteiger partial charge in [0, 0.05) is 31.6 Å². The van der Waals surface area contributed by atoms with Gasteiger partial charge in [0.05, 0.1) is 5.69 Å². The molecule has 0 aliphatic carbocycles. The van der Waals surface area contributed by atoms with E-state index in [-0.39, 0.29) is 11.4 Å². The molecule has 8 heteroatoms. The fourth-order valence-corrected chi connectivity index (χ4v) is 1.74. The molecule has 4 N–H and O–H groups in total. The number of nitrogens with one attached hydrogen (secondary N) is 3. The molecule has 2 aromatic heterocycles. The Balaban J connectivity index is 1.78. The smallest absolute Gasteiger partial charge is 0.356 e. The first-order valence-electron chi connectivity index (χ1n) is 6.38. The minimum absolute atomic E-state index is 0.161. The summed E-state index contributed by atoms with van der Waals surface area (Å²) in [6.07, 6.45) is 6.22. The van der Waals surface area contributed by atoms with E-state index in [0.29, 0.717) is 6.54 Å². The third kappa shape index (κ3) is 4.30. The Kier molecular flexibility index (Phi) is 4.86. The van der Waals surface area contributed by atoms with E-state index in [1.807, 2.05) is 0 Å². The predicted octanol–water partition coefficient (Wildman–Crippen LogP) is 1.26. The van der Waals surface area contributed by atoms with Crippen LogP contribution in [0.4, 0.5) is 10.5 Å². The Morgan fingerprint density at radius 1 is 1.29 bits per heavy atom. The molecule has 8 nitrogen and oxygen atoms in total. The lowest BCUT2D eigenvalue weighted by atomic mass is 10.3. The molecule has 0 aliphatic heterocycles. The number of hydrogen-bond donors (Lipinski definition) is 4. The van der Waals surface area contributed by atoms with Crippen LogP contribution in [0.25, 0.3) is 0 Å². The van der Waals surface area contributed by atoms with Crippen LogP contribution in [0.1, 0.15) is 22.7 Å². The number of aromatic nitrogens is 3. The van der Waals surface area contributed by atoms with Crippen LogP contribution in [0.15, 0.2) is 30.7 Å². The van der Waals surface area contributed by atoms with Gasteiger partial charge in [0.25, 0.3) is 0 Å². The summed E-state index contributed by atoms with van der Waals surface area (Å²) in [7, 11) is 0. The molecule has 0 spiro atoms. The van der Waals surface area contributed by atoms with Crippen LogP contribution in [-0.4, -0.2) is 38.6 Å². The van der Waals surface area contributed by atoms with Gasteiger partial charge in [0.15, 0.2) is 5.69 Å². The standard InChI is InChI=1S/C13H15N5O3/c19-12(20)11-9(3-1-5-16-11)18-13(21)17-6-2-4-10-14-7-8-15-10/h1,3,5,7-8H,2,4,6H2,(H,14,15)(H,19,20)(H2,17,18,21). The zero-order valence-corrected chi connectivity index (χ0v) is 11.2. The van der Waals surface area contributed by atoms with E-state index in [1.165, 1.54) is 12.3 Å². The fraction of sp³-hybridized carbons (Fsp3) is 0.231. The molecule has 0 saturated carbocycles. The maximum Gasteiger partial charge on any atom is 0.356 e. The summed E-state index contributed by atoms with van der Waals surface area (Å²) in [5.41, 5.74) is -0.0308. The van der Waals surface area contributed by atoms with Crippen molar-refractivity contribution in [2.24, 2.45) is 0 Å². The van der Waals surface area contributed by atoms with Gasteiger partial charge in [0.1, 0.15) is 5.82 Å². The molecule has 2 aromatic rings. The van der Waals surface area contributed by atoms with E-state index in [0.717, 1.165) is 18.7 Å². The Bertz CT molecular complexity index is 612. The second-order valence-corrected chi connectivity index (χ2v) is 4.23. The summed E-state index contributed by atoms with van der Waals surface area (Å²) in [4.78, 5) is 33.4. The summed E-state index contributed by atoms with van der Waals surface area (Å²) in [5, 5.41) is 14.1. The van der Waals surface area contributed by atoms with Crippen molar-refractivity contribution in [1.82, 2.24) is 20.3 Å². The molecule has 0 bridgehead atoms. The number of H-pyrrole nitrogens is 1. The van der Waals surface area contributed by atoms with Gasteiger partial charge in [-0.3, -0.25) is 0 Å². The van der Waals surface area contributed by atoms with E-state index in [4.69, 9.17) is 5.11 Å². The predicted molar refractivity (Wildman–Crippen MR) is 75.1 cm³/mol. The van der Waals surface area contributed by atoms with Crippen LogP contribution >= 0.6 is 0 Å². The van der Waals surface area contributed by atoms with E-state index in [9.17, 15) is 9.59 Å². The highest BCUT2D eigenvalue weighted by molar-refractivity contribution is 5.98. The van der Waals surface area contributed by atoms with E-state index in [2.05, 4.69) is 25.6 Å². The first-order chi connectivity index (χ1) is 10.2. The van der Waals surface area contributed by atoms with Gasteiger partial charge in [0.2, 0.25) is 0 Å². The molecule has 2 amide bonds. The highest BCUT2D eigenvalue weighted by Crippen LogP contribution is 2.11. The number of carbonyl (C=O) groups excluding carboxylic acids is 1. The van der Waals surface area contributed by atoms with Crippen molar-refractivity contribution in [1.29, 1.82) is 0 Å². The van der Waals surface area contributed by atoms with Crippen LogP contribution < -0.4 is 10.6 Å². The number of aromatic amines is 1. The number of nitrogens with zero attached hydrogens (tertiary/aromatic N) is 2. The molecular weight excluding hydrogens is 274 g/mol. The maximum atomic E-state index is 11.7. The van der Waals surface area contributed by atoms with Crippen molar-refractivity contribution in [3.63, 3.8) is 0 Å². The molecule has 0 radical (unpaired) electrons. The molecule has 0 aliphatic rings. The monoisotopic (exact) mass is 289 g/mol. The Labute approximate surface area is 120 Å². The number of amides is 2. The van der Waals surface area contributed by atoms with Crippen LogP contribution in [-0.2, 0) is 6.42 Å². The molecule has 2 rings (SSSR count). The highest BCUT2D eigenvalue weighted by Gasteiger charge is 2.12. The number of pyridine rings is 1. The van der Waals surface area contributed by atoms with Gasteiger partial charge in [-0.05, 0) is 18.6 Å². The van der Waals surface area contributed by atoms with Gasteiger partial charge in [-0.2, -0.15) is 0 Å². The van der Waals surface area contributed by atoms with Crippen LogP contribution in [0, 0.1) is 0 Å². The van der Waals surface area contributed by atoms with Crippen molar-refractivity contribution < 1.29 is 14.7 Å². The third-order valence-electron chi connectivity index (χ3n) is 2.69. The second kappa shape index (κ2) is 7.04. The minimum atomic E-state index is -1.19. The SMILES string of the molecule is O=C(NCCCc1ncc[nH]1)Nc1cccnc1C(=O)O. The quantitative estimate of drug-likeness (QED) is 0.597. The molecular formula is C13H15N5O3. The van der Waals surface area contributed by atoms with Gasteiger partial charge in [-0.15, -0.1) is 0 Å². The summed E-state index contributed by atoms with van der Waals surface area (Å²) in [6.45, 7) is 0.454. The molecule has 21 heavy (non-hydrogen) atoms. The number of rotatable bonds is 6. The summed E-state index contributed by atoms with van der Waals surface area (Å²) >= 11 is 0. The highest BCUT2D eigenvalue weighted by atomic mass is 16.4. The lowest BCUT2D eigenvalue weighted by Gasteiger charge is -2.08. The van der Waals surface area contributed by atoms with Crippen molar-refractivity contribution in [3.8, 4) is 0 Å². The van der Waals surface area contributed by atoms with Crippen LogP contribution in [0.2, 0.25) is 0 Å². The van der Waals surface area contributed by atoms with Gasteiger partial charge in [-0.1, -0.05) is 0 Å². The van der Waals surface area contributed by atoms with Crippen LogP contribution in [0.5, 0.6) is 0 Å². The van der Waals surface area contributed by atoms with Crippen molar-refractivity contribution in [2.75, 3.05) is 11.9 Å². The zero-order valence-electron chi connectivity index (χ0n) is 11.2. The number of imidazole rings is 1. The number of carboxylic acids is 1. The average Bonchev–Trinajstić information content (AvgIpc) is 2.97. The Hall–Kier alpha value is -2.90.